The molecule has 0 radical (unpaired) electrons. The zero-order valence-electron chi connectivity index (χ0n) is 8.87. The van der Waals surface area contributed by atoms with E-state index in [-0.39, 0.29) is 0 Å². The summed E-state index contributed by atoms with van der Waals surface area (Å²) in [4.78, 5) is 10.9. The van der Waals surface area contributed by atoms with Crippen LogP contribution in [0.3, 0.4) is 0 Å². The maximum absolute atomic E-state index is 10.9. The van der Waals surface area contributed by atoms with Crippen LogP contribution >= 0.6 is 11.3 Å². The van der Waals surface area contributed by atoms with Gasteiger partial charge in [0.2, 0.25) is 0 Å². The lowest BCUT2D eigenvalue weighted by Crippen LogP contribution is -2.26. The summed E-state index contributed by atoms with van der Waals surface area (Å²) in [6.45, 7) is 3.42. The molecule has 15 heavy (non-hydrogen) atoms. The summed E-state index contributed by atoms with van der Waals surface area (Å²) in [6, 6.07) is 1.91. The van der Waals surface area contributed by atoms with Crippen molar-refractivity contribution >= 4 is 17.5 Å². The van der Waals surface area contributed by atoms with E-state index in [0.717, 1.165) is 5.56 Å². The number of ether oxygens (including phenoxy) is 2. The topological polar surface area (TPSA) is 35.5 Å². The fourth-order valence-electron chi connectivity index (χ4n) is 0.834. The number of rotatable bonds is 1. The van der Waals surface area contributed by atoms with Crippen molar-refractivity contribution in [3.63, 3.8) is 0 Å². The predicted octanol–water partition coefficient (Wildman–Crippen LogP) is 2.66. The molecular weight excluding hydrogens is 212 g/mol. The first kappa shape index (κ1) is 11.6. The molecule has 1 aromatic rings. The van der Waals surface area contributed by atoms with E-state index >= 15 is 0 Å². The Bertz CT molecular complexity index is 382. The standard InChI is InChI=1S/C11H12O3S/c1-11(2,14-10(12)13-3)6-4-9-5-7-15-8-9/h5,7-8H,1-3H3. The second kappa shape index (κ2) is 4.85. The van der Waals surface area contributed by atoms with Crippen LogP contribution in [-0.4, -0.2) is 18.9 Å². The van der Waals surface area contributed by atoms with Gasteiger partial charge in [0.25, 0.3) is 0 Å². The van der Waals surface area contributed by atoms with Crippen LogP contribution in [0.4, 0.5) is 4.79 Å². The summed E-state index contributed by atoms with van der Waals surface area (Å²) in [5.41, 5.74) is 0.0798. The minimum absolute atomic E-state index is 0.723. The maximum Gasteiger partial charge on any atom is 0.509 e. The summed E-state index contributed by atoms with van der Waals surface area (Å²) in [5, 5.41) is 3.87. The highest BCUT2D eigenvalue weighted by molar-refractivity contribution is 7.08. The molecule has 80 valence electrons. The van der Waals surface area contributed by atoms with Gasteiger partial charge in [-0.25, -0.2) is 4.79 Å². The van der Waals surface area contributed by atoms with Gasteiger partial charge in [0.15, 0.2) is 5.60 Å². The van der Waals surface area contributed by atoms with Crippen LogP contribution in [0.1, 0.15) is 19.4 Å². The van der Waals surface area contributed by atoms with Crippen molar-refractivity contribution in [3.05, 3.63) is 22.4 Å². The van der Waals surface area contributed by atoms with Crippen molar-refractivity contribution in [2.45, 2.75) is 19.4 Å². The molecule has 0 aliphatic heterocycles. The van der Waals surface area contributed by atoms with Crippen LogP contribution in [0.25, 0.3) is 0 Å². The molecule has 3 nitrogen and oxygen atoms in total. The van der Waals surface area contributed by atoms with Crippen LogP contribution in [0.2, 0.25) is 0 Å². The van der Waals surface area contributed by atoms with E-state index in [2.05, 4.69) is 16.6 Å². The first-order valence-corrected chi connectivity index (χ1v) is 5.30. The summed E-state index contributed by atoms with van der Waals surface area (Å²) in [7, 11) is 1.27. The van der Waals surface area contributed by atoms with Gasteiger partial charge in [0.05, 0.1) is 7.11 Å². The molecule has 0 aliphatic rings. The number of methoxy groups -OCH3 is 1. The SMILES string of the molecule is COC(=O)OC(C)(C)C#Cc1ccsc1. The molecule has 0 unspecified atom stereocenters. The van der Waals surface area contributed by atoms with Crippen LogP contribution in [0, 0.1) is 11.8 Å². The highest BCUT2D eigenvalue weighted by Gasteiger charge is 2.20. The zero-order valence-corrected chi connectivity index (χ0v) is 9.68. The van der Waals surface area contributed by atoms with Crippen molar-refractivity contribution in [1.82, 2.24) is 0 Å². The van der Waals surface area contributed by atoms with E-state index < -0.39 is 11.8 Å². The third kappa shape index (κ3) is 4.05. The third-order valence-electron chi connectivity index (χ3n) is 1.53. The van der Waals surface area contributed by atoms with Gasteiger partial charge >= 0.3 is 6.16 Å². The van der Waals surface area contributed by atoms with Crippen molar-refractivity contribution < 1.29 is 14.3 Å². The Morgan fingerprint density at radius 1 is 1.53 bits per heavy atom. The Kier molecular flexibility index (Phi) is 3.75. The summed E-state index contributed by atoms with van der Waals surface area (Å²) >= 11 is 1.57. The Labute approximate surface area is 93.0 Å². The Morgan fingerprint density at radius 3 is 2.80 bits per heavy atom. The van der Waals surface area contributed by atoms with Gasteiger partial charge in [-0.2, -0.15) is 11.3 Å². The van der Waals surface area contributed by atoms with Gasteiger partial charge in [0.1, 0.15) is 0 Å². The zero-order chi connectivity index (χ0) is 11.3. The Hall–Kier alpha value is -1.47. The molecule has 0 N–H and O–H groups in total. The lowest BCUT2D eigenvalue weighted by molar-refractivity contribution is 0.0221. The van der Waals surface area contributed by atoms with E-state index in [9.17, 15) is 4.79 Å². The molecule has 1 aromatic heterocycles. The highest BCUT2D eigenvalue weighted by atomic mass is 32.1. The lowest BCUT2D eigenvalue weighted by Gasteiger charge is -2.16. The van der Waals surface area contributed by atoms with Crippen LogP contribution < -0.4 is 0 Å². The molecular formula is C11H12O3S. The van der Waals surface area contributed by atoms with Gasteiger partial charge < -0.3 is 9.47 Å². The molecule has 0 aliphatic carbocycles. The molecule has 0 fully saturated rings. The molecule has 0 amide bonds. The average molecular weight is 224 g/mol. The van der Waals surface area contributed by atoms with E-state index in [0.29, 0.717) is 0 Å². The van der Waals surface area contributed by atoms with Crippen molar-refractivity contribution in [3.8, 4) is 11.8 Å². The predicted molar refractivity (Wildman–Crippen MR) is 58.8 cm³/mol. The first-order valence-electron chi connectivity index (χ1n) is 4.36. The summed E-state index contributed by atoms with van der Waals surface area (Å²) in [6.07, 6.45) is -0.723. The third-order valence-corrected chi connectivity index (χ3v) is 2.22. The maximum atomic E-state index is 10.9. The van der Waals surface area contributed by atoms with E-state index in [4.69, 9.17) is 4.74 Å². The van der Waals surface area contributed by atoms with Gasteiger partial charge in [-0.3, -0.25) is 0 Å². The number of hydrogen-bond acceptors (Lipinski definition) is 4. The fourth-order valence-corrected chi connectivity index (χ4v) is 1.42. The monoisotopic (exact) mass is 224 g/mol. The van der Waals surface area contributed by atoms with Gasteiger partial charge in [-0.1, -0.05) is 11.8 Å². The highest BCUT2D eigenvalue weighted by Crippen LogP contribution is 2.10. The number of hydrogen-bond donors (Lipinski definition) is 0. The smallest absolute Gasteiger partial charge is 0.438 e. The molecule has 0 aromatic carbocycles. The largest absolute Gasteiger partial charge is 0.509 e. The summed E-state index contributed by atoms with van der Waals surface area (Å²) in [5.74, 6) is 5.78. The van der Waals surface area contributed by atoms with Crippen LogP contribution in [0.15, 0.2) is 16.8 Å². The number of carbonyl (C=O) groups is 1. The van der Waals surface area contributed by atoms with E-state index in [1.54, 1.807) is 25.2 Å². The summed E-state index contributed by atoms with van der Waals surface area (Å²) < 4.78 is 9.35. The van der Waals surface area contributed by atoms with E-state index in [1.165, 1.54) is 7.11 Å². The molecule has 0 bridgehead atoms. The molecule has 0 spiro atoms. The molecule has 1 rings (SSSR count). The Balaban J connectivity index is 2.67. The fraction of sp³-hybridized carbons (Fsp3) is 0.364. The number of carbonyl (C=O) groups excluding carboxylic acids is 1. The van der Waals surface area contributed by atoms with Gasteiger partial charge in [-0.05, 0) is 25.3 Å². The van der Waals surface area contributed by atoms with Crippen molar-refractivity contribution in [2.75, 3.05) is 7.11 Å². The second-order valence-electron chi connectivity index (χ2n) is 3.33. The minimum Gasteiger partial charge on any atom is -0.438 e. The second-order valence-corrected chi connectivity index (χ2v) is 4.11. The van der Waals surface area contributed by atoms with Crippen LogP contribution in [-0.2, 0) is 9.47 Å². The van der Waals surface area contributed by atoms with Crippen LogP contribution in [0.5, 0.6) is 0 Å². The molecule has 1 heterocycles. The average Bonchev–Trinajstić information content (AvgIpc) is 2.66. The minimum atomic E-state index is -0.838. The van der Waals surface area contributed by atoms with Gasteiger partial charge in [0, 0.05) is 10.9 Å². The van der Waals surface area contributed by atoms with E-state index in [1.807, 2.05) is 16.8 Å². The first-order chi connectivity index (χ1) is 7.03. The number of thiophene rings is 1. The molecule has 4 heteroatoms. The quantitative estimate of drug-likeness (QED) is 0.543. The lowest BCUT2D eigenvalue weighted by atomic mass is 10.1. The molecule has 0 saturated heterocycles. The molecule has 0 atom stereocenters. The van der Waals surface area contributed by atoms with Crippen molar-refractivity contribution in [2.24, 2.45) is 0 Å². The Morgan fingerprint density at radius 2 is 2.27 bits per heavy atom. The normalized spacial score (nSPS) is 10.1. The van der Waals surface area contributed by atoms with Crippen molar-refractivity contribution in [1.29, 1.82) is 0 Å². The van der Waals surface area contributed by atoms with Gasteiger partial charge in [-0.15, -0.1) is 0 Å². The molecule has 0 saturated carbocycles.